The average molecular weight is 351 g/mol. The Morgan fingerprint density at radius 2 is 1.76 bits per heavy atom. The van der Waals surface area contributed by atoms with E-state index in [0.717, 1.165) is 37.5 Å². The van der Waals surface area contributed by atoms with Gasteiger partial charge in [-0.05, 0) is 64.0 Å². The van der Waals surface area contributed by atoms with E-state index in [2.05, 4.69) is 24.1 Å². The van der Waals surface area contributed by atoms with Gasteiger partial charge < -0.3 is 19.7 Å². The SMILES string of the molecule is CCO[C@@](C)(CC)C(=O)Nc1ccc(OCCCN(CC)CC)cc1. The molecule has 1 aromatic carbocycles. The zero-order valence-electron chi connectivity index (χ0n) is 16.4. The van der Waals surface area contributed by atoms with E-state index in [9.17, 15) is 4.79 Å². The first kappa shape index (κ1) is 21.5. The molecule has 5 heteroatoms. The van der Waals surface area contributed by atoms with Gasteiger partial charge in [0.2, 0.25) is 0 Å². The molecular weight excluding hydrogens is 316 g/mol. The van der Waals surface area contributed by atoms with Gasteiger partial charge in [-0.2, -0.15) is 0 Å². The van der Waals surface area contributed by atoms with Gasteiger partial charge in [0.15, 0.2) is 0 Å². The van der Waals surface area contributed by atoms with Crippen LogP contribution in [-0.2, 0) is 9.53 Å². The van der Waals surface area contributed by atoms with E-state index in [1.807, 2.05) is 45.0 Å². The number of carbonyl (C=O) groups is 1. The lowest BCUT2D eigenvalue weighted by Crippen LogP contribution is -2.42. The number of hydrogen-bond acceptors (Lipinski definition) is 4. The molecule has 1 amide bonds. The molecule has 0 unspecified atom stereocenters. The summed E-state index contributed by atoms with van der Waals surface area (Å²) in [6.07, 6.45) is 1.63. The number of anilines is 1. The van der Waals surface area contributed by atoms with Crippen LogP contribution in [0.25, 0.3) is 0 Å². The summed E-state index contributed by atoms with van der Waals surface area (Å²) in [5.41, 5.74) is -0.0474. The van der Waals surface area contributed by atoms with Gasteiger partial charge in [-0.1, -0.05) is 20.8 Å². The first-order valence-corrected chi connectivity index (χ1v) is 9.39. The standard InChI is InChI=1S/C20H34N2O3/c1-6-20(5,25-9-4)19(23)21-17-11-13-18(14-12-17)24-16-10-15-22(7-2)8-3/h11-14H,6-10,15-16H2,1-5H3,(H,21,23)/t20-/m0/s1. The molecule has 1 N–H and O–H groups in total. The number of amides is 1. The Kier molecular flexibility index (Phi) is 9.53. The summed E-state index contributed by atoms with van der Waals surface area (Å²) in [5.74, 6) is 0.699. The molecule has 0 bridgehead atoms. The second-order valence-corrected chi connectivity index (χ2v) is 6.22. The van der Waals surface area contributed by atoms with Crippen LogP contribution in [0.3, 0.4) is 0 Å². The molecule has 1 rings (SSSR count). The number of nitrogens with one attached hydrogen (secondary N) is 1. The van der Waals surface area contributed by atoms with Crippen molar-refractivity contribution >= 4 is 11.6 Å². The third kappa shape index (κ3) is 7.04. The normalized spacial score (nSPS) is 13.5. The molecule has 5 nitrogen and oxygen atoms in total. The first-order valence-electron chi connectivity index (χ1n) is 9.39. The first-order chi connectivity index (χ1) is 12.0. The Labute approximate surface area is 152 Å². The maximum Gasteiger partial charge on any atom is 0.256 e. The molecule has 0 heterocycles. The zero-order chi connectivity index (χ0) is 18.7. The molecular formula is C20H34N2O3. The fourth-order valence-corrected chi connectivity index (χ4v) is 2.56. The predicted octanol–water partition coefficient (Wildman–Crippen LogP) is 3.94. The van der Waals surface area contributed by atoms with E-state index in [1.165, 1.54) is 0 Å². The van der Waals surface area contributed by atoms with Crippen LogP contribution in [0.15, 0.2) is 24.3 Å². The van der Waals surface area contributed by atoms with Crippen molar-refractivity contribution in [3.63, 3.8) is 0 Å². The van der Waals surface area contributed by atoms with Gasteiger partial charge in [0.25, 0.3) is 5.91 Å². The summed E-state index contributed by atoms with van der Waals surface area (Å²) in [7, 11) is 0. The summed E-state index contributed by atoms with van der Waals surface area (Å²) in [4.78, 5) is 14.8. The van der Waals surface area contributed by atoms with Crippen molar-refractivity contribution in [2.45, 2.75) is 53.1 Å². The van der Waals surface area contributed by atoms with E-state index in [1.54, 1.807) is 0 Å². The lowest BCUT2D eigenvalue weighted by Gasteiger charge is -2.26. The van der Waals surface area contributed by atoms with Crippen LogP contribution in [0.2, 0.25) is 0 Å². The van der Waals surface area contributed by atoms with Crippen molar-refractivity contribution in [3.8, 4) is 5.75 Å². The van der Waals surface area contributed by atoms with Crippen molar-refractivity contribution in [3.05, 3.63) is 24.3 Å². The topological polar surface area (TPSA) is 50.8 Å². The highest BCUT2D eigenvalue weighted by Crippen LogP contribution is 2.20. The van der Waals surface area contributed by atoms with Crippen molar-refractivity contribution in [2.75, 3.05) is 38.2 Å². The van der Waals surface area contributed by atoms with Crippen LogP contribution in [0.4, 0.5) is 5.69 Å². The lowest BCUT2D eigenvalue weighted by atomic mass is 10.0. The van der Waals surface area contributed by atoms with Gasteiger partial charge in [-0.25, -0.2) is 0 Å². The Hall–Kier alpha value is -1.59. The third-order valence-corrected chi connectivity index (χ3v) is 4.51. The van der Waals surface area contributed by atoms with Crippen LogP contribution in [0, 0.1) is 0 Å². The molecule has 1 aromatic rings. The Bertz CT molecular complexity index is 500. The number of rotatable bonds is 12. The van der Waals surface area contributed by atoms with Crippen molar-refractivity contribution in [1.82, 2.24) is 4.90 Å². The van der Waals surface area contributed by atoms with Gasteiger partial charge in [-0.15, -0.1) is 0 Å². The van der Waals surface area contributed by atoms with Crippen molar-refractivity contribution in [1.29, 1.82) is 0 Å². The number of nitrogens with zero attached hydrogens (tertiary/aromatic N) is 1. The van der Waals surface area contributed by atoms with Crippen LogP contribution in [0.1, 0.15) is 47.5 Å². The second kappa shape index (κ2) is 11.1. The average Bonchev–Trinajstić information content (AvgIpc) is 2.63. The van der Waals surface area contributed by atoms with Gasteiger partial charge in [-0.3, -0.25) is 4.79 Å². The maximum absolute atomic E-state index is 12.4. The molecule has 0 spiro atoms. The summed E-state index contributed by atoms with van der Waals surface area (Å²) in [5, 5.41) is 2.92. The fourth-order valence-electron chi connectivity index (χ4n) is 2.56. The lowest BCUT2D eigenvalue weighted by molar-refractivity contribution is -0.139. The molecule has 0 aromatic heterocycles. The molecule has 0 radical (unpaired) electrons. The van der Waals surface area contributed by atoms with Gasteiger partial charge in [0.1, 0.15) is 11.4 Å². The summed E-state index contributed by atoms with van der Waals surface area (Å²) in [6.45, 7) is 14.4. The fraction of sp³-hybridized carbons (Fsp3) is 0.650. The monoisotopic (exact) mass is 350 g/mol. The highest BCUT2D eigenvalue weighted by Gasteiger charge is 2.31. The van der Waals surface area contributed by atoms with Crippen LogP contribution < -0.4 is 10.1 Å². The molecule has 0 saturated heterocycles. The van der Waals surface area contributed by atoms with E-state index >= 15 is 0 Å². The maximum atomic E-state index is 12.4. The van der Waals surface area contributed by atoms with Crippen LogP contribution >= 0.6 is 0 Å². The highest BCUT2D eigenvalue weighted by atomic mass is 16.5. The highest BCUT2D eigenvalue weighted by molar-refractivity contribution is 5.97. The third-order valence-electron chi connectivity index (χ3n) is 4.51. The zero-order valence-corrected chi connectivity index (χ0v) is 16.4. The predicted molar refractivity (Wildman–Crippen MR) is 103 cm³/mol. The van der Waals surface area contributed by atoms with E-state index < -0.39 is 5.60 Å². The largest absolute Gasteiger partial charge is 0.494 e. The molecule has 142 valence electrons. The van der Waals surface area contributed by atoms with E-state index in [-0.39, 0.29) is 5.91 Å². The summed E-state index contributed by atoms with van der Waals surface area (Å²) in [6, 6.07) is 7.49. The molecule has 0 aliphatic carbocycles. The van der Waals surface area contributed by atoms with Gasteiger partial charge in [0.05, 0.1) is 6.61 Å². The number of benzene rings is 1. The number of hydrogen-bond donors (Lipinski definition) is 1. The minimum absolute atomic E-state index is 0.121. The summed E-state index contributed by atoms with van der Waals surface area (Å²) < 4.78 is 11.4. The Morgan fingerprint density at radius 3 is 2.28 bits per heavy atom. The van der Waals surface area contributed by atoms with Crippen molar-refractivity contribution < 1.29 is 14.3 Å². The molecule has 0 aliphatic heterocycles. The van der Waals surface area contributed by atoms with Crippen LogP contribution in [0.5, 0.6) is 5.75 Å². The second-order valence-electron chi connectivity index (χ2n) is 6.22. The summed E-state index contributed by atoms with van der Waals surface area (Å²) >= 11 is 0. The van der Waals surface area contributed by atoms with Gasteiger partial charge in [0, 0.05) is 18.8 Å². The van der Waals surface area contributed by atoms with Gasteiger partial charge >= 0.3 is 0 Å². The quantitative estimate of drug-likeness (QED) is 0.580. The van der Waals surface area contributed by atoms with E-state index in [0.29, 0.717) is 19.6 Å². The smallest absolute Gasteiger partial charge is 0.256 e. The molecule has 0 fully saturated rings. The van der Waals surface area contributed by atoms with Crippen LogP contribution in [-0.4, -0.2) is 49.3 Å². The molecule has 25 heavy (non-hydrogen) atoms. The minimum Gasteiger partial charge on any atom is -0.494 e. The number of ether oxygens (including phenoxy) is 2. The molecule has 0 aliphatic rings. The molecule has 1 atom stereocenters. The van der Waals surface area contributed by atoms with Crippen molar-refractivity contribution in [2.24, 2.45) is 0 Å². The molecule has 0 saturated carbocycles. The Morgan fingerprint density at radius 1 is 1.12 bits per heavy atom. The number of carbonyl (C=O) groups excluding carboxylic acids is 1. The van der Waals surface area contributed by atoms with E-state index in [4.69, 9.17) is 9.47 Å². The Balaban J connectivity index is 2.47. The minimum atomic E-state index is -0.797.